The van der Waals surface area contributed by atoms with E-state index in [9.17, 15) is 0 Å². The van der Waals surface area contributed by atoms with E-state index in [1.54, 1.807) is 0 Å². The highest BCUT2D eigenvalue weighted by Crippen LogP contribution is 2.32. The van der Waals surface area contributed by atoms with E-state index in [4.69, 9.17) is 0 Å². The first-order valence-electron chi connectivity index (χ1n) is 9.86. The molecular weight excluding hydrogens is 254 g/mol. The lowest BCUT2D eigenvalue weighted by atomic mass is 9.82. The van der Waals surface area contributed by atoms with Crippen molar-refractivity contribution in [3.63, 3.8) is 0 Å². The number of hydrogen-bond acceptors (Lipinski definition) is 1. The summed E-state index contributed by atoms with van der Waals surface area (Å²) in [6, 6.07) is 0.699. The Morgan fingerprint density at radius 1 is 0.905 bits per heavy atom. The van der Waals surface area contributed by atoms with Crippen molar-refractivity contribution in [1.82, 2.24) is 4.90 Å². The van der Waals surface area contributed by atoms with E-state index in [0.717, 1.165) is 17.8 Å². The molecule has 1 aliphatic carbocycles. The molecule has 1 aliphatic rings. The van der Waals surface area contributed by atoms with Crippen LogP contribution in [0.4, 0.5) is 0 Å². The molecule has 21 heavy (non-hydrogen) atoms. The van der Waals surface area contributed by atoms with E-state index in [1.165, 1.54) is 70.9 Å². The summed E-state index contributed by atoms with van der Waals surface area (Å²) in [7, 11) is 0. The third-order valence-corrected chi connectivity index (χ3v) is 6.00. The van der Waals surface area contributed by atoms with Gasteiger partial charge in [0.15, 0.2) is 0 Å². The summed E-state index contributed by atoms with van der Waals surface area (Å²) < 4.78 is 0. The van der Waals surface area contributed by atoms with Gasteiger partial charge in [-0.3, -0.25) is 0 Å². The zero-order valence-electron chi connectivity index (χ0n) is 15.5. The lowest BCUT2D eigenvalue weighted by Crippen LogP contribution is -2.37. The molecule has 1 fully saturated rings. The molecule has 3 atom stereocenters. The fourth-order valence-corrected chi connectivity index (χ4v) is 4.29. The van der Waals surface area contributed by atoms with Crippen molar-refractivity contribution in [3.8, 4) is 0 Å². The second kappa shape index (κ2) is 10.6. The largest absolute Gasteiger partial charge is 0.301 e. The molecule has 0 aliphatic heterocycles. The second-order valence-corrected chi connectivity index (χ2v) is 7.60. The van der Waals surface area contributed by atoms with E-state index in [-0.39, 0.29) is 0 Å². The van der Waals surface area contributed by atoms with Crippen molar-refractivity contribution in [3.05, 3.63) is 0 Å². The standard InChI is InChI=1S/C20H41N/c1-6-18-12-9-10-14-20(15-11-13-18)19(7-2)16-21(8-3)17(4)5/h17-20H,6-16H2,1-5H3. The van der Waals surface area contributed by atoms with E-state index in [2.05, 4.69) is 39.5 Å². The van der Waals surface area contributed by atoms with Crippen LogP contribution in [0.1, 0.15) is 92.4 Å². The molecule has 0 amide bonds. The van der Waals surface area contributed by atoms with Gasteiger partial charge in [0.25, 0.3) is 0 Å². The fourth-order valence-electron chi connectivity index (χ4n) is 4.29. The number of rotatable bonds is 7. The molecule has 1 saturated carbocycles. The van der Waals surface area contributed by atoms with Crippen LogP contribution in [-0.4, -0.2) is 24.0 Å². The lowest BCUT2D eigenvalue weighted by Gasteiger charge is -2.34. The minimum atomic E-state index is 0.699. The molecule has 0 aromatic heterocycles. The van der Waals surface area contributed by atoms with E-state index >= 15 is 0 Å². The Kier molecular flexibility index (Phi) is 9.64. The molecule has 1 nitrogen and oxygen atoms in total. The maximum Gasteiger partial charge on any atom is 0.00385 e. The SMILES string of the molecule is CCC1CCCCC(C(CC)CN(CC)C(C)C)CCC1. The molecule has 0 radical (unpaired) electrons. The molecule has 1 rings (SSSR count). The van der Waals surface area contributed by atoms with Gasteiger partial charge in [-0.15, -0.1) is 0 Å². The van der Waals surface area contributed by atoms with Crippen molar-refractivity contribution < 1.29 is 0 Å². The maximum atomic E-state index is 2.68. The van der Waals surface area contributed by atoms with Crippen LogP contribution in [0.5, 0.6) is 0 Å². The van der Waals surface area contributed by atoms with Crippen molar-refractivity contribution in [2.24, 2.45) is 17.8 Å². The molecule has 0 bridgehead atoms. The Balaban J connectivity index is 2.57. The Hall–Kier alpha value is -0.0400. The molecule has 0 N–H and O–H groups in total. The lowest BCUT2D eigenvalue weighted by molar-refractivity contribution is 0.149. The summed E-state index contributed by atoms with van der Waals surface area (Å²) in [5.41, 5.74) is 0. The van der Waals surface area contributed by atoms with Gasteiger partial charge >= 0.3 is 0 Å². The molecule has 126 valence electrons. The Morgan fingerprint density at radius 3 is 2.10 bits per heavy atom. The predicted octanol–water partition coefficient (Wildman–Crippen LogP) is 6.13. The number of nitrogens with zero attached hydrogens (tertiary/aromatic N) is 1. The molecule has 0 aromatic rings. The summed E-state index contributed by atoms with van der Waals surface area (Å²) in [5.74, 6) is 2.93. The minimum Gasteiger partial charge on any atom is -0.301 e. The summed E-state index contributed by atoms with van der Waals surface area (Å²) in [6.07, 6.45) is 13.2. The Labute approximate surface area is 134 Å². The zero-order chi connectivity index (χ0) is 15.7. The quantitative estimate of drug-likeness (QED) is 0.546. The fraction of sp³-hybridized carbons (Fsp3) is 1.00. The average Bonchev–Trinajstić information content (AvgIpc) is 2.60. The topological polar surface area (TPSA) is 3.24 Å². The van der Waals surface area contributed by atoms with Crippen molar-refractivity contribution in [2.45, 2.75) is 98.4 Å². The van der Waals surface area contributed by atoms with Gasteiger partial charge < -0.3 is 4.90 Å². The van der Waals surface area contributed by atoms with Gasteiger partial charge in [0.05, 0.1) is 0 Å². The summed E-state index contributed by atoms with van der Waals surface area (Å²) in [6.45, 7) is 14.4. The Morgan fingerprint density at radius 2 is 1.52 bits per heavy atom. The van der Waals surface area contributed by atoms with Gasteiger partial charge in [0, 0.05) is 12.6 Å². The summed E-state index contributed by atoms with van der Waals surface area (Å²) in [5, 5.41) is 0. The minimum absolute atomic E-state index is 0.699. The third-order valence-electron chi connectivity index (χ3n) is 6.00. The van der Waals surface area contributed by atoms with Gasteiger partial charge in [-0.25, -0.2) is 0 Å². The first kappa shape index (κ1) is 19.0. The van der Waals surface area contributed by atoms with Crippen LogP contribution in [0.2, 0.25) is 0 Å². The highest BCUT2D eigenvalue weighted by Gasteiger charge is 2.24. The van der Waals surface area contributed by atoms with Crippen molar-refractivity contribution >= 4 is 0 Å². The summed E-state index contributed by atoms with van der Waals surface area (Å²) >= 11 is 0. The molecule has 1 heteroatoms. The van der Waals surface area contributed by atoms with Crippen LogP contribution in [0.25, 0.3) is 0 Å². The van der Waals surface area contributed by atoms with Crippen LogP contribution >= 0.6 is 0 Å². The van der Waals surface area contributed by atoms with Gasteiger partial charge in [0.2, 0.25) is 0 Å². The van der Waals surface area contributed by atoms with E-state index in [1.807, 2.05) is 0 Å². The zero-order valence-corrected chi connectivity index (χ0v) is 15.5. The third kappa shape index (κ3) is 6.72. The normalized spacial score (nSPS) is 26.4. The van der Waals surface area contributed by atoms with Gasteiger partial charge in [-0.2, -0.15) is 0 Å². The van der Waals surface area contributed by atoms with Gasteiger partial charge in [0.1, 0.15) is 0 Å². The average molecular weight is 296 g/mol. The second-order valence-electron chi connectivity index (χ2n) is 7.60. The molecule has 0 heterocycles. The molecule has 0 spiro atoms. The molecule has 3 unspecified atom stereocenters. The molecule has 0 saturated heterocycles. The first-order valence-corrected chi connectivity index (χ1v) is 9.86. The van der Waals surface area contributed by atoms with Crippen molar-refractivity contribution in [2.75, 3.05) is 13.1 Å². The van der Waals surface area contributed by atoms with Crippen LogP contribution in [0.3, 0.4) is 0 Å². The van der Waals surface area contributed by atoms with Crippen LogP contribution < -0.4 is 0 Å². The van der Waals surface area contributed by atoms with E-state index in [0.29, 0.717) is 6.04 Å². The predicted molar refractivity (Wildman–Crippen MR) is 95.8 cm³/mol. The first-order chi connectivity index (χ1) is 10.1. The molecular formula is C20H41N. The highest BCUT2D eigenvalue weighted by atomic mass is 15.1. The highest BCUT2D eigenvalue weighted by molar-refractivity contribution is 4.76. The van der Waals surface area contributed by atoms with Crippen LogP contribution in [-0.2, 0) is 0 Å². The summed E-state index contributed by atoms with van der Waals surface area (Å²) in [4.78, 5) is 2.68. The van der Waals surface area contributed by atoms with E-state index < -0.39 is 0 Å². The molecule has 0 aromatic carbocycles. The van der Waals surface area contributed by atoms with Crippen molar-refractivity contribution in [1.29, 1.82) is 0 Å². The van der Waals surface area contributed by atoms with Crippen LogP contribution in [0, 0.1) is 17.8 Å². The van der Waals surface area contributed by atoms with Crippen LogP contribution in [0.15, 0.2) is 0 Å². The smallest absolute Gasteiger partial charge is 0.00385 e. The van der Waals surface area contributed by atoms with Gasteiger partial charge in [-0.1, -0.05) is 78.6 Å². The van der Waals surface area contributed by atoms with Gasteiger partial charge in [-0.05, 0) is 38.1 Å². The Bertz CT molecular complexity index is 248. The number of hydrogen-bond donors (Lipinski definition) is 0. The maximum absolute atomic E-state index is 2.68. The monoisotopic (exact) mass is 295 g/mol.